The Bertz CT molecular complexity index is 520. The van der Waals surface area contributed by atoms with E-state index in [1.165, 1.54) is 0 Å². The van der Waals surface area contributed by atoms with Gasteiger partial charge < -0.3 is 0 Å². The molecule has 0 spiro atoms. The molecule has 1 nitrogen and oxygen atoms in total. The molecule has 2 aromatic rings. The molecule has 2 rings (SSSR count). The molecule has 0 aliphatic rings. The molecule has 0 atom stereocenters. The van der Waals surface area contributed by atoms with E-state index in [1.807, 2.05) is 24.3 Å². The molecular weight excluding hydrogens is 334 g/mol. The zero-order chi connectivity index (χ0) is 13.2. The summed E-state index contributed by atoms with van der Waals surface area (Å²) in [6.45, 7) is 6.69. The van der Waals surface area contributed by atoms with Gasteiger partial charge in [0, 0.05) is 0 Å². The molecule has 0 saturated carbocycles. The Hall–Kier alpha value is -0.511. The van der Waals surface area contributed by atoms with Gasteiger partial charge in [0.25, 0.3) is 0 Å². The maximum atomic E-state index is 14.0. The number of benzene rings is 1. The van der Waals surface area contributed by atoms with Gasteiger partial charge in [-0.1, -0.05) is 0 Å². The molecule has 1 aromatic carbocycles. The fourth-order valence-corrected chi connectivity index (χ4v) is 6.84. The van der Waals surface area contributed by atoms with E-state index in [2.05, 4.69) is 20.8 Å². The summed E-state index contributed by atoms with van der Waals surface area (Å²) in [4.78, 5) is 0. The number of furan rings is 1. The van der Waals surface area contributed by atoms with Crippen molar-refractivity contribution in [1.82, 2.24) is 0 Å². The quantitative estimate of drug-likeness (QED) is 0.731. The van der Waals surface area contributed by atoms with Crippen molar-refractivity contribution in [2.45, 2.75) is 43.5 Å². The van der Waals surface area contributed by atoms with E-state index in [0.717, 1.165) is 28.2 Å². The first kappa shape index (κ1) is 13.9. The van der Waals surface area contributed by atoms with Gasteiger partial charge in [0.15, 0.2) is 0 Å². The van der Waals surface area contributed by atoms with Gasteiger partial charge in [-0.2, -0.15) is 0 Å². The van der Waals surface area contributed by atoms with Gasteiger partial charge in [0.2, 0.25) is 0 Å². The molecule has 0 aliphatic carbocycles. The van der Waals surface area contributed by atoms with Crippen molar-refractivity contribution in [1.29, 1.82) is 0 Å². The van der Waals surface area contributed by atoms with Crippen LogP contribution in [-0.4, -0.2) is 21.1 Å². The van der Waals surface area contributed by atoms with E-state index in [1.54, 1.807) is 0 Å². The summed E-state index contributed by atoms with van der Waals surface area (Å²) in [5, 5.41) is 1.00. The molecule has 96 valence electrons. The van der Waals surface area contributed by atoms with E-state index in [-0.39, 0.29) is 6.01 Å². The Morgan fingerprint density at radius 3 is 2.33 bits per heavy atom. The predicted molar refractivity (Wildman–Crippen MR) is 75.1 cm³/mol. The third-order valence-corrected chi connectivity index (χ3v) is 10.6. The molecule has 1 aromatic heterocycles. The van der Waals surface area contributed by atoms with E-state index >= 15 is 0 Å². The Morgan fingerprint density at radius 1 is 1.11 bits per heavy atom. The van der Waals surface area contributed by atoms with E-state index in [0.29, 0.717) is 9.01 Å². The fourth-order valence-electron chi connectivity index (χ4n) is 2.41. The van der Waals surface area contributed by atoms with Crippen molar-refractivity contribution >= 4 is 35.7 Å². The molecule has 0 saturated heterocycles. The van der Waals surface area contributed by atoms with Crippen LogP contribution < -0.4 is 3.58 Å². The molecule has 1 heterocycles. The minimum absolute atomic E-state index is 0.331. The van der Waals surface area contributed by atoms with Crippen molar-refractivity contribution < 1.29 is 8.81 Å². The van der Waals surface area contributed by atoms with Crippen molar-refractivity contribution in [2.24, 2.45) is 0 Å². The normalized spacial score (nSPS) is 12.2. The molecule has 0 aliphatic heterocycles. The van der Waals surface area contributed by atoms with Gasteiger partial charge in [0.1, 0.15) is 0 Å². The second kappa shape index (κ2) is 5.64. The Labute approximate surface area is 118 Å². The van der Waals surface area contributed by atoms with E-state index in [4.69, 9.17) is 4.42 Å². The Balaban J connectivity index is 2.45. The number of fused-ring (bicyclic) bond motifs is 1. The van der Waals surface area contributed by atoms with Crippen LogP contribution in [0.3, 0.4) is 0 Å². The summed E-state index contributed by atoms with van der Waals surface area (Å²) in [6, 6.07) is 7.37. The summed E-state index contributed by atoms with van der Waals surface area (Å²) in [7, 11) is 0. The zero-order valence-electron chi connectivity index (χ0n) is 11.2. The number of rotatable bonds is 5. The summed E-state index contributed by atoms with van der Waals surface area (Å²) in [5.41, 5.74) is 0.697. The van der Waals surface area contributed by atoms with Crippen LogP contribution in [0.25, 0.3) is 11.0 Å². The molecule has 0 unspecified atom stereocenters. The summed E-state index contributed by atoms with van der Waals surface area (Å²) in [6.07, 6.45) is 3.43. The van der Waals surface area contributed by atoms with Crippen LogP contribution >= 0.6 is 0 Å². The number of halogens is 1. The summed E-state index contributed by atoms with van der Waals surface area (Å²) >= 11 is -1.01. The van der Waals surface area contributed by atoms with Gasteiger partial charge in [-0.05, 0) is 0 Å². The van der Waals surface area contributed by atoms with Crippen LogP contribution in [0.5, 0.6) is 0 Å². The van der Waals surface area contributed by atoms with Gasteiger partial charge in [-0.15, -0.1) is 0 Å². The average Bonchev–Trinajstić information content (AvgIpc) is 2.72. The maximum absolute atomic E-state index is 14.0. The first-order valence-corrected chi connectivity index (χ1v) is 9.46. The molecule has 0 bridgehead atoms. The van der Waals surface area contributed by atoms with Crippen LogP contribution in [0.4, 0.5) is 4.39 Å². The average molecular weight is 353 g/mol. The molecule has 0 amide bonds. The Kier molecular flexibility index (Phi) is 4.36. The van der Waals surface area contributed by atoms with Gasteiger partial charge in [-0.3, -0.25) is 0 Å². The van der Waals surface area contributed by atoms with Crippen LogP contribution in [0.2, 0.25) is 3.43 Å². The summed E-state index contributed by atoms with van der Waals surface area (Å²) < 4.78 is 20.5. The van der Waals surface area contributed by atoms with Crippen LogP contribution in [0, 0.1) is 6.01 Å². The van der Waals surface area contributed by atoms with Crippen molar-refractivity contribution in [3.05, 3.63) is 30.3 Å². The first-order chi connectivity index (χ1) is 8.65. The van der Waals surface area contributed by atoms with Gasteiger partial charge in [-0.25, -0.2) is 0 Å². The first-order valence-electron chi connectivity index (χ1n) is 6.61. The third-order valence-electron chi connectivity index (χ3n) is 3.97. The number of hydrogen-bond acceptors (Lipinski definition) is 1. The predicted octanol–water partition coefficient (Wildman–Crippen LogP) is 4.29. The van der Waals surface area contributed by atoms with Crippen LogP contribution in [0.15, 0.2) is 28.7 Å². The second-order valence-electron chi connectivity index (χ2n) is 4.71. The Morgan fingerprint density at radius 2 is 1.72 bits per heavy atom. The monoisotopic (exact) mass is 354 g/mol. The number of hydrogen-bond donors (Lipinski definition) is 0. The molecular formula is C15H19FOSn. The van der Waals surface area contributed by atoms with Crippen LogP contribution in [0.1, 0.15) is 40.0 Å². The minimum atomic E-state index is -1.01. The molecule has 2 radical (unpaired) electrons. The van der Waals surface area contributed by atoms with Crippen molar-refractivity contribution in [2.75, 3.05) is 0 Å². The molecule has 0 N–H and O–H groups in total. The van der Waals surface area contributed by atoms with E-state index in [9.17, 15) is 4.39 Å². The fraction of sp³-hybridized carbons (Fsp3) is 0.467. The van der Waals surface area contributed by atoms with E-state index < -0.39 is 21.1 Å². The standard InChI is InChI=1S/C8H4FO.C7H15.Sn/c9-8-5-6-3-1-2-4-7(6)10-8;1-4-7(5-2)6-3;/h1-4H;4-6H2,1-3H3;. The van der Waals surface area contributed by atoms with Crippen molar-refractivity contribution in [3.8, 4) is 0 Å². The van der Waals surface area contributed by atoms with Gasteiger partial charge >= 0.3 is 118 Å². The summed E-state index contributed by atoms with van der Waals surface area (Å²) in [5.74, 6) is 0. The topological polar surface area (TPSA) is 13.1 Å². The zero-order valence-corrected chi connectivity index (χ0v) is 14.1. The van der Waals surface area contributed by atoms with Gasteiger partial charge in [0.05, 0.1) is 0 Å². The van der Waals surface area contributed by atoms with Crippen molar-refractivity contribution in [3.63, 3.8) is 0 Å². The van der Waals surface area contributed by atoms with Crippen LogP contribution in [-0.2, 0) is 0 Å². The molecule has 18 heavy (non-hydrogen) atoms. The third kappa shape index (κ3) is 2.44. The SMILES string of the molecule is CC[C](CC)(CC)[Sn][c]1c(F)oc2ccccc12. The second-order valence-corrected chi connectivity index (χ2v) is 9.88. The molecule has 3 heteroatoms. The number of para-hydroxylation sites is 1. The molecule has 0 fully saturated rings.